The molecule has 0 unspecified atom stereocenters. The van der Waals surface area contributed by atoms with Gasteiger partial charge in [0.1, 0.15) is 10.7 Å². The number of aromatic amines is 1. The standard InChI is InChI=1S/C18H16FN5O6/c19-12-9-11(20-16(25)14-3-4-15(29-14)24(27)28)1-2-13(12)23-7-5-10(6-8-23)17-21-22-18(26)30-17/h1-4,9-10H,5-8H2,(H,20,25)(H,22,26). The predicted octanol–water partition coefficient (Wildman–Crippen LogP) is 2.64. The smallest absolute Gasteiger partial charge is 0.395 e. The van der Waals surface area contributed by atoms with Gasteiger partial charge < -0.3 is 19.1 Å². The molecule has 0 spiro atoms. The van der Waals surface area contributed by atoms with Crippen molar-refractivity contribution in [2.75, 3.05) is 23.3 Å². The Kier molecular flexibility index (Phi) is 5.04. The first-order chi connectivity index (χ1) is 14.4. The van der Waals surface area contributed by atoms with Crippen LogP contribution in [0.25, 0.3) is 0 Å². The molecule has 11 nitrogen and oxygen atoms in total. The van der Waals surface area contributed by atoms with Gasteiger partial charge in [0.15, 0.2) is 5.76 Å². The zero-order chi connectivity index (χ0) is 21.3. The third kappa shape index (κ3) is 3.92. The number of nitrogens with one attached hydrogen (secondary N) is 2. The Labute approximate surface area is 167 Å². The number of furan rings is 1. The van der Waals surface area contributed by atoms with Crippen molar-refractivity contribution in [3.8, 4) is 0 Å². The summed E-state index contributed by atoms with van der Waals surface area (Å²) in [5.41, 5.74) is 0.567. The van der Waals surface area contributed by atoms with Crippen LogP contribution in [0.2, 0.25) is 0 Å². The fourth-order valence-electron chi connectivity index (χ4n) is 3.36. The summed E-state index contributed by atoms with van der Waals surface area (Å²) in [5, 5.41) is 19.2. The molecule has 0 aliphatic carbocycles. The fourth-order valence-corrected chi connectivity index (χ4v) is 3.36. The van der Waals surface area contributed by atoms with Gasteiger partial charge in [-0.2, -0.15) is 0 Å². The van der Waals surface area contributed by atoms with E-state index in [9.17, 15) is 24.1 Å². The van der Waals surface area contributed by atoms with Gasteiger partial charge in [-0.25, -0.2) is 14.3 Å². The Morgan fingerprint density at radius 3 is 2.63 bits per heavy atom. The molecule has 1 fully saturated rings. The van der Waals surface area contributed by atoms with Gasteiger partial charge in [-0.05, 0) is 37.1 Å². The van der Waals surface area contributed by atoms with Crippen LogP contribution in [-0.4, -0.2) is 34.1 Å². The summed E-state index contributed by atoms with van der Waals surface area (Å²) in [6, 6.07) is 6.49. The van der Waals surface area contributed by atoms with Gasteiger partial charge >= 0.3 is 11.6 Å². The van der Waals surface area contributed by atoms with Crippen LogP contribution in [-0.2, 0) is 0 Å². The second-order valence-corrected chi connectivity index (χ2v) is 6.73. The van der Waals surface area contributed by atoms with Crippen LogP contribution in [0.4, 0.5) is 21.6 Å². The first kappa shape index (κ1) is 19.4. The van der Waals surface area contributed by atoms with E-state index in [4.69, 9.17) is 8.83 Å². The Bertz CT molecular complexity index is 1140. The topological polar surface area (TPSA) is 148 Å². The summed E-state index contributed by atoms with van der Waals surface area (Å²) in [6.07, 6.45) is 1.28. The minimum absolute atomic E-state index is 0.0147. The zero-order valence-corrected chi connectivity index (χ0v) is 15.5. The molecule has 1 aliphatic rings. The molecule has 2 aromatic heterocycles. The number of H-pyrrole nitrogens is 1. The molecule has 4 rings (SSSR count). The van der Waals surface area contributed by atoms with E-state index in [1.54, 1.807) is 6.07 Å². The lowest BCUT2D eigenvalue weighted by molar-refractivity contribution is -0.402. The average Bonchev–Trinajstić information content (AvgIpc) is 3.38. The van der Waals surface area contributed by atoms with Crippen molar-refractivity contribution in [1.29, 1.82) is 0 Å². The minimum atomic E-state index is -0.756. The number of hydrogen-bond donors (Lipinski definition) is 2. The minimum Gasteiger partial charge on any atom is -0.395 e. The number of aromatic nitrogens is 2. The summed E-state index contributed by atoms with van der Waals surface area (Å²) in [5.74, 6) is -2.31. The molecule has 0 radical (unpaired) electrons. The number of benzene rings is 1. The molecular weight excluding hydrogens is 401 g/mol. The van der Waals surface area contributed by atoms with Crippen molar-refractivity contribution in [1.82, 2.24) is 10.2 Å². The summed E-state index contributed by atoms with van der Waals surface area (Å²) >= 11 is 0. The molecule has 0 bridgehead atoms. The molecule has 3 aromatic rings. The number of piperidine rings is 1. The van der Waals surface area contributed by atoms with E-state index in [2.05, 4.69) is 15.5 Å². The summed E-state index contributed by atoms with van der Waals surface area (Å²) in [6.45, 7) is 1.08. The van der Waals surface area contributed by atoms with Crippen molar-refractivity contribution >= 4 is 23.2 Å². The van der Waals surface area contributed by atoms with E-state index < -0.39 is 28.3 Å². The maximum Gasteiger partial charge on any atom is 0.434 e. The largest absolute Gasteiger partial charge is 0.434 e. The molecular formula is C18H16FN5O6. The van der Waals surface area contributed by atoms with Gasteiger partial charge in [-0.3, -0.25) is 14.9 Å². The second kappa shape index (κ2) is 7.81. The Balaban J connectivity index is 1.40. The van der Waals surface area contributed by atoms with Gasteiger partial charge in [0.2, 0.25) is 5.89 Å². The molecule has 1 saturated heterocycles. The van der Waals surface area contributed by atoms with Crippen molar-refractivity contribution in [3.63, 3.8) is 0 Å². The number of nitro groups is 1. The Hall–Kier alpha value is -3.96. The highest BCUT2D eigenvalue weighted by Crippen LogP contribution is 2.31. The van der Waals surface area contributed by atoms with Crippen LogP contribution in [0.3, 0.4) is 0 Å². The molecule has 0 atom stereocenters. The van der Waals surface area contributed by atoms with E-state index in [0.717, 1.165) is 6.07 Å². The summed E-state index contributed by atoms with van der Waals surface area (Å²) in [7, 11) is 0. The van der Waals surface area contributed by atoms with Gasteiger partial charge in [-0.15, -0.1) is 5.10 Å². The quantitative estimate of drug-likeness (QED) is 0.475. The maximum atomic E-state index is 14.6. The zero-order valence-electron chi connectivity index (χ0n) is 15.5. The lowest BCUT2D eigenvalue weighted by Gasteiger charge is -2.32. The first-order valence-electron chi connectivity index (χ1n) is 9.06. The SMILES string of the molecule is O=C(Nc1ccc(N2CCC(c3n[nH]c(=O)o3)CC2)c(F)c1)c1ccc([N+](=O)[O-])o1. The number of carbonyl (C=O) groups is 1. The molecule has 1 amide bonds. The molecule has 12 heteroatoms. The highest BCUT2D eigenvalue weighted by Gasteiger charge is 2.26. The van der Waals surface area contributed by atoms with Crippen LogP contribution in [0.5, 0.6) is 0 Å². The van der Waals surface area contributed by atoms with Crippen molar-refractivity contribution in [3.05, 3.63) is 68.5 Å². The van der Waals surface area contributed by atoms with E-state index >= 15 is 0 Å². The van der Waals surface area contributed by atoms with Crippen molar-refractivity contribution in [2.24, 2.45) is 0 Å². The van der Waals surface area contributed by atoms with Gasteiger partial charge in [0.25, 0.3) is 5.91 Å². The van der Waals surface area contributed by atoms with Gasteiger partial charge in [0.05, 0.1) is 11.8 Å². The van der Waals surface area contributed by atoms with Crippen molar-refractivity contribution < 1.29 is 22.9 Å². The third-order valence-corrected chi connectivity index (χ3v) is 4.84. The van der Waals surface area contributed by atoms with E-state index in [1.165, 1.54) is 18.2 Å². The number of carbonyl (C=O) groups excluding carboxylic acids is 1. The first-order valence-corrected chi connectivity index (χ1v) is 9.06. The molecule has 156 valence electrons. The van der Waals surface area contributed by atoms with E-state index in [0.29, 0.717) is 37.5 Å². The van der Waals surface area contributed by atoms with E-state index in [-0.39, 0.29) is 17.4 Å². The molecule has 1 aliphatic heterocycles. The van der Waals surface area contributed by atoms with Gasteiger partial charge in [0, 0.05) is 24.7 Å². The number of hydrogen-bond acceptors (Lipinski definition) is 8. The summed E-state index contributed by atoms with van der Waals surface area (Å²) < 4.78 is 24.5. The van der Waals surface area contributed by atoms with Crippen LogP contribution in [0.1, 0.15) is 35.2 Å². The predicted molar refractivity (Wildman–Crippen MR) is 101 cm³/mol. The molecule has 1 aromatic carbocycles. The number of amides is 1. The van der Waals surface area contributed by atoms with Crippen LogP contribution >= 0.6 is 0 Å². The molecule has 0 saturated carbocycles. The number of halogens is 1. The van der Waals surface area contributed by atoms with Crippen LogP contribution < -0.4 is 16.0 Å². The van der Waals surface area contributed by atoms with Crippen LogP contribution in [0.15, 0.2) is 44.0 Å². The highest BCUT2D eigenvalue weighted by atomic mass is 19.1. The molecule has 3 heterocycles. The van der Waals surface area contributed by atoms with Crippen LogP contribution in [0, 0.1) is 15.9 Å². The summed E-state index contributed by atoms with van der Waals surface area (Å²) in [4.78, 5) is 34.9. The average molecular weight is 417 g/mol. The van der Waals surface area contributed by atoms with E-state index in [1.807, 2.05) is 4.90 Å². The molecule has 30 heavy (non-hydrogen) atoms. The number of nitrogens with zero attached hydrogens (tertiary/aromatic N) is 3. The number of anilines is 2. The second-order valence-electron chi connectivity index (χ2n) is 6.73. The monoisotopic (exact) mass is 417 g/mol. The lowest BCUT2D eigenvalue weighted by Crippen LogP contribution is -2.33. The fraction of sp³-hybridized carbons (Fsp3) is 0.278. The normalized spacial score (nSPS) is 14.6. The maximum absolute atomic E-state index is 14.6. The third-order valence-electron chi connectivity index (χ3n) is 4.84. The highest BCUT2D eigenvalue weighted by molar-refractivity contribution is 6.02. The Morgan fingerprint density at radius 2 is 2.03 bits per heavy atom. The van der Waals surface area contributed by atoms with Crippen molar-refractivity contribution in [2.45, 2.75) is 18.8 Å². The lowest BCUT2D eigenvalue weighted by atomic mass is 9.96. The molecule has 2 N–H and O–H groups in total. The number of rotatable bonds is 5. The van der Waals surface area contributed by atoms with Gasteiger partial charge in [-0.1, -0.05) is 0 Å². The Morgan fingerprint density at radius 1 is 1.27 bits per heavy atom.